The zero-order valence-corrected chi connectivity index (χ0v) is 10.6. The third kappa shape index (κ3) is 3.36. The zero-order valence-electron chi connectivity index (χ0n) is 10.6. The minimum atomic E-state index is -0.158. The molecule has 1 fully saturated rings. The Morgan fingerprint density at radius 1 is 1.50 bits per heavy atom. The third-order valence-electron chi connectivity index (χ3n) is 3.61. The third-order valence-corrected chi connectivity index (χ3v) is 3.61. The van der Waals surface area contributed by atoms with Crippen LogP contribution in [-0.2, 0) is 9.53 Å². The van der Waals surface area contributed by atoms with Crippen molar-refractivity contribution >= 4 is 5.97 Å². The van der Waals surface area contributed by atoms with E-state index in [4.69, 9.17) is 4.74 Å². The molecular formula is C14H24O2. The molecule has 2 atom stereocenters. The summed E-state index contributed by atoms with van der Waals surface area (Å²) in [5.74, 6) is 0.571. The molecule has 92 valence electrons. The van der Waals surface area contributed by atoms with Gasteiger partial charge in [-0.15, -0.1) is 6.58 Å². The molecule has 2 nitrogen and oxygen atoms in total. The minimum absolute atomic E-state index is 0.00564. The first kappa shape index (κ1) is 13.3. The fourth-order valence-corrected chi connectivity index (χ4v) is 2.28. The number of esters is 1. The predicted octanol–water partition coefficient (Wildman–Crippen LogP) is 3.71. The van der Waals surface area contributed by atoms with Gasteiger partial charge in [0.05, 0.1) is 12.0 Å². The number of unbranched alkanes of at least 4 members (excludes halogenated alkanes) is 3. The van der Waals surface area contributed by atoms with E-state index in [0.717, 1.165) is 12.8 Å². The lowest BCUT2D eigenvalue weighted by molar-refractivity contribution is -0.149. The topological polar surface area (TPSA) is 26.3 Å². The first-order chi connectivity index (χ1) is 7.65. The Labute approximate surface area is 99.1 Å². The van der Waals surface area contributed by atoms with Gasteiger partial charge in [0, 0.05) is 0 Å². The molecule has 1 unspecified atom stereocenters. The summed E-state index contributed by atoms with van der Waals surface area (Å²) in [5.41, 5.74) is -0.158. The van der Waals surface area contributed by atoms with Gasteiger partial charge >= 0.3 is 5.97 Å². The Morgan fingerprint density at radius 3 is 2.88 bits per heavy atom. The van der Waals surface area contributed by atoms with E-state index in [1.807, 2.05) is 19.9 Å². The molecular weight excluding hydrogens is 200 g/mol. The van der Waals surface area contributed by atoms with E-state index in [1.54, 1.807) is 0 Å². The lowest BCUT2D eigenvalue weighted by Crippen LogP contribution is -2.17. The van der Waals surface area contributed by atoms with Crippen LogP contribution in [0, 0.1) is 11.3 Å². The summed E-state index contributed by atoms with van der Waals surface area (Å²) in [6.45, 7) is 8.12. The van der Waals surface area contributed by atoms with Crippen molar-refractivity contribution in [2.24, 2.45) is 11.3 Å². The van der Waals surface area contributed by atoms with Crippen molar-refractivity contribution in [3.8, 4) is 0 Å². The van der Waals surface area contributed by atoms with E-state index >= 15 is 0 Å². The SMILES string of the molecule is C=CCCCCCC1C[C@@]1(C)C(=O)OCC. The van der Waals surface area contributed by atoms with E-state index in [-0.39, 0.29) is 11.4 Å². The highest BCUT2D eigenvalue weighted by Gasteiger charge is 2.56. The molecule has 0 saturated heterocycles. The average Bonchev–Trinajstić information content (AvgIpc) is 2.92. The van der Waals surface area contributed by atoms with Crippen molar-refractivity contribution < 1.29 is 9.53 Å². The summed E-state index contributed by atoms with van der Waals surface area (Å²) >= 11 is 0. The maximum Gasteiger partial charge on any atom is 0.312 e. The highest BCUT2D eigenvalue weighted by Crippen LogP contribution is 2.55. The van der Waals surface area contributed by atoms with Gasteiger partial charge in [0.2, 0.25) is 0 Å². The second kappa shape index (κ2) is 6.07. The lowest BCUT2D eigenvalue weighted by atomic mass is 10.0. The Hall–Kier alpha value is -0.790. The fraction of sp³-hybridized carbons (Fsp3) is 0.786. The highest BCUT2D eigenvalue weighted by molar-refractivity contribution is 5.80. The van der Waals surface area contributed by atoms with Crippen LogP contribution >= 0.6 is 0 Å². The van der Waals surface area contributed by atoms with Crippen molar-refractivity contribution in [2.45, 2.75) is 52.4 Å². The number of rotatable bonds is 8. The van der Waals surface area contributed by atoms with E-state index in [0.29, 0.717) is 12.5 Å². The zero-order chi connectivity index (χ0) is 12.0. The Bertz CT molecular complexity index is 247. The molecule has 0 N–H and O–H groups in total. The molecule has 0 aliphatic heterocycles. The Balaban J connectivity index is 2.13. The van der Waals surface area contributed by atoms with Crippen LogP contribution in [0.15, 0.2) is 12.7 Å². The molecule has 0 bridgehead atoms. The van der Waals surface area contributed by atoms with Crippen LogP contribution in [0.1, 0.15) is 52.4 Å². The molecule has 0 aromatic rings. The summed E-state index contributed by atoms with van der Waals surface area (Å²) in [4.78, 5) is 11.6. The Morgan fingerprint density at radius 2 is 2.25 bits per heavy atom. The van der Waals surface area contributed by atoms with E-state index in [9.17, 15) is 4.79 Å². The number of hydrogen-bond donors (Lipinski definition) is 0. The molecule has 0 amide bonds. The molecule has 1 aliphatic rings. The largest absolute Gasteiger partial charge is 0.466 e. The number of allylic oxidation sites excluding steroid dienone is 1. The molecule has 1 rings (SSSR count). The van der Waals surface area contributed by atoms with Crippen LogP contribution in [0.4, 0.5) is 0 Å². The van der Waals surface area contributed by atoms with Crippen LogP contribution in [0.5, 0.6) is 0 Å². The summed E-state index contributed by atoms with van der Waals surface area (Å²) in [7, 11) is 0. The summed E-state index contributed by atoms with van der Waals surface area (Å²) < 4.78 is 5.09. The molecule has 0 spiro atoms. The summed E-state index contributed by atoms with van der Waals surface area (Å²) in [6, 6.07) is 0. The van der Waals surface area contributed by atoms with Crippen molar-refractivity contribution in [2.75, 3.05) is 6.61 Å². The molecule has 1 saturated carbocycles. The summed E-state index contributed by atoms with van der Waals surface area (Å²) in [6.07, 6.45) is 8.99. The lowest BCUT2D eigenvalue weighted by Gasteiger charge is -2.09. The fourth-order valence-electron chi connectivity index (χ4n) is 2.28. The van der Waals surface area contributed by atoms with Gasteiger partial charge in [0.15, 0.2) is 0 Å². The van der Waals surface area contributed by atoms with Gasteiger partial charge in [0.25, 0.3) is 0 Å². The monoisotopic (exact) mass is 224 g/mol. The molecule has 0 radical (unpaired) electrons. The predicted molar refractivity (Wildman–Crippen MR) is 66.1 cm³/mol. The second-order valence-corrected chi connectivity index (χ2v) is 4.97. The van der Waals surface area contributed by atoms with Crippen molar-refractivity contribution in [3.05, 3.63) is 12.7 Å². The van der Waals surface area contributed by atoms with Crippen molar-refractivity contribution in [3.63, 3.8) is 0 Å². The average molecular weight is 224 g/mol. The van der Waals surface area contributed by atoms with Crippen molar-refractivity contribution in [1.29, 1.82) is 0 Å². The van der Waals surface area contributed by atoms with E-state index < -0.39 is 0 Å². The second-order valence-electron chi connectivity index (χ2n) is 4.97. The standard InChI is InChI=1S/C14H24O2/c1-4-6-7-8-9-10-12-11-14(12,3)13(15)16-5-2/h4,12H,1,5-11H2,2-3H3/t12?,14-/m1/s1. The van der Waals surface area contributed by atoms with Gasteiger partial charge in [-0.3, -0.25) is 4.79 Å². The first-order valence-corrected chi connectivity index (χ1v) is 6.43. The Kier molecular flexibility index (Phi) is 5.04. The van der Waals surface area contributed by atoms with Crippen LogP contribution < -0.4 is 0 Å². The maximum absolute atomic E-state index is 11.6. The smallest absolute Gasteiger partial charge is 0.312 e. The molecule has 0 aromatic carbocycles. The molecule has 16 heavy (non-hydrogen) atoms. The highest BCUT2D eigenvalue weighted by atomic mass is 16.5. The van der Waals surface area contributed by atoms with Crippen LogP contribution in [0.3, 0.4) is 0 Å². The maximum atomic E-state index is 11.6. The summed E-state index contributed by atoms with van der Waals surface area (Å²) in [5, 5.41) is 0. The minimum Gasteiger partial charge on any atom is -0.466 e. The van der Waals surface area contributed by atoms with Gasteiger partial charge in [-0.2, -0.15) is 0 Å². The molecule has 1 aliphatic carbocycles. The molecule has 2 heteroatoms. The van der Waals surface area contributed by atoms with Gasteiger partial charge < -0.3 is 4.74 Å². The normalized spacial score (nSPS) is 27.5. The van der Waals surface area contributed by atoms with Crippen LogP contribution in [0.2, 0.25) is 0 Å². The first-order valence-electron chi connectivity index (χ1n) is 6.43. The van der Waals surface area contributed by atoms with Gasteiger partial charge in [-0.05, 0) is 45.4 Å². The molecule has 0 aromatic heterocycles. The van der Waals surface area contributed by atoms with Gasteiger partial charge in [-0.25, -0.2) is 0 Å². The van der Waals surface area contributed by atoms with Crippen LogP contribution in [0.25, 0.3) is 0 Å². The number of ether oxygens (including phenoxy) is 1. The molecule has 0 heterocycles. The number of carbonyl (C=O) groups is 1. The quantitative estimate of drug-likeness (QED) is 0.357. The number of hydrogen-bond acceptors (Lipinski definition) is 2. The van der Waals surface area contributed by atoms with Gasteiger partial charge in [0.1, 0.15) is 0 Å². The van der Waals surface area contributed by atoms with Gasteiger partial charge in [-0.1, -0.05) is 18.9 Å². The van der Waals surface area contributed by atoms with Crippen LogP contribution in [-0.4, -0.2) is 12.6 Å². The van der Waals surface area contributed by atoms with Crippen molar-refractivity contribution in [1.82, 2.24) is 0 Å². The van der Waals surface area contributed by atoms with E-state index in [2.05, 4.69) is 6.58 Å². The van der Waals surface area contributed by atoms with E-state index in [1.165, 1.54) is 25.7 Å². The number of carbonyl (C=O) groups excluding carboxylic acids is 1.